The molecule has 1 aromatic rings. The molecule has 105 valence electrons. The van der Waals surface area contributed by atoms with Crippen LogP contribution in [0.1, 0.15) is 50.7 Å². The predicted molar refractivity (Wildman–Crippen MR) is 83.7 cm³/mol. The topological polar surface area (TPSA) is 9.23 Å². The van der Waals surface area contributed by atoms with E-state index in [0.29, 0.717) is 5.92 Å². The quantitative estimate of drug-likeness (QED) is 0.462. The van der Waals surface area contributed by atoms with Crippen LogP contribution in [-0.4, -0.2) is 6.61 Å². The number of rotatable bonds is 8. The number of allylic oxidation sites excluding steroid dienone is 1. The largest absolute Gasteiger partial charge is 0.494 e. The molecule has 0 aliphatic carbocycles. The minimum atomic E-state index is 0.126. The van der Waals surface area contributed by atoms with Gasteiger partial charge >= 0.3 is 0 Å². The van der Waals surface area contributed by atoms with Gasteiger partial charge in [0.2, 0.25) is 0 Å². The van der Waals surface area contributed by atoms with Crippen molar-refractivity contribution in [1.29, 1.82) is 0 Å². The van der Waals surface area contributed by atoms with E-state index in [1.165, 1.54) is 11.1 Å². The van der Waals surface area contributed by atoms with Crippen LogP contribution in [0.4, 0.5) is 0 Å². The molecule has 0 aliphatic rings. The third-order valence-corrected chi connectivity index (χ3v) is 3.11. The molecule has 1 heteroatoms. The van der Waals surface area contributed by atoms with Crippen LogP contribution in [0.15, 0.2) is 30.9 Å². The summed E-state index contributed by atoms with van der Waals surface area (Å²) < 4.78 is 5.84. The molecule has 1 atom stereocenters. The van der Waals surface area contributed by atoms with Crippen molar-refractivity contribution in [1.82, 2.24) is 0 Å². The van der Waals surface area contributed by atoms with Crippen molar-refractivity contribution in [2.24, 2.45) is 5.92 Å². The third kappa shape index (κ3) is 5.50. The summed E-state index contributed by atoms with van der Waals surface area (Å²) in [6, 6.07) is 6.49. The van der Waals surface area contributed by atoms with Crippen LogP contribution in [-0.2, 0) is 6.42 Å². The van der Waals surface area contributed by atoms with Gasteiger partial charge in [0.15, 0.2) is 0 Å². The number of hydrogen-bond acceptors (Lipinski definition) is 1. The Bertz CT molecular complexity index is 393. The van der Waals surface area contributed by atoms with Gasteiger partial charge in [-0.3, -0.25) is 0 Å². The average Bonchev–Trinajstić information content (AvgIpc) is 2.37. The van der Waals surface area contributed by atoms with Crippen molar-refractivity contribution in [2.45, 2.75) is 46.0 Å². The average molecular weight is 259 g/mol. The first-order valence-corrected chi connectivity index (χ1v) is 7.29. The first kappa shape index (κ1) is 15.8. The molecule has 19 heavy (non-hydrogen) atoms. The second kappa shape index (κ2) is 8.04. The second-order valence-corrected chi connectivity index (χ2v) is 5.55. The highest BCUT2D eigenvalue weighted by Crippen LogP contribution is 2.25. The van der Waals surface area contributed by atoms with E-state index in [2.05, 4.69) is 52.5 Å². The monoisotopic (exact) mass is 259 g/mol. The summed E-state index contributed by atoms with van der Waals surface area (Å²) in [5, 5.41) is 0. The van der Waals surface area contributed by atoms with E-state index >= 15 is 0 Å². The Morgan fingerprint density at radius 1 is 1.26 bits per heavy atom. The maximum atomic E-state index is 5.84. The summed E-state index contributed by atoms with van der Waals surface area (Å²) in [5.41, 5.74) is 2.52. The minimum Gasteiger partial charge on any atom is -0.494 e. The molecular weight excluding hydrogens is 232 g/mol. The van der Waals surface area contributed by atoms with Crippen LogP contribution in [0.2, 0.25) is 0 Å². The minimum absolute atomic E-state index is 0.126. The standard InChI is InChI=1S/C18H27O/c1-6-8-9-19-18-12-16(10-14(3)4)11-17(13-18)15(5)7-2/h7,11-15H,2,5-6,8-10H2,1,3-4H3. The number of benzene rings is 1. The Hall–Kier alpha value is -1.24. The molecule has 0 saturated heterocycles. The fourth-order valence-electron chi connectivity index (χ4n) is 2.04. The molecule has 1 aromatic carbocycles. The molecule has 0 bridgehead atoms. The van der Waals surface area contributed by atoms with Gasteiger partial charge in [0, 0.05) is 5.92 Å². The fourth-order valence-corrected chi connectivity index (χ4v) is 2.04. The molecular formula is C18H27O. The lowest BCUT2D eigenvalue weighted by Gasteiger charge is -2.14. The highest BCUT2D eigenvalue weighted by atomic mass is 16.5. The Balaban J connectivity index is 2.91. The zero-order chi connectivity index (χ0) is 14.3. The summed E-state index contributed by atoms with van der Waals surface area (Å²) in [7, 11) is 0. The summed E-state index contributed by atoms with van der Waals surface area (Å²) >= 11 is 0. The van der Waals surface area contributed by atoms with E-state index in [4.69, 9.17) is 4.74 Å². The van der Waals surface area contributed by atoms with E-state index in [1.807, 2.05) is 6.08 Å². The predicted octanol–water partition coefficient (Wildman–Crippen LogP) is 5.17. The molecule has 0 aromatic heterocycles. The number of unbranched alkanes of at least 4 members (excludes halogenated alkanes) is 1. The Labute approximate surface area is 118 Å². The van der Waals surface area contributed by atoms with E-state index in [9.17, 15) is 0 Å². The lowest BCUT2D eigenvalue weighted by molar-refractivity contribution is 0.308. The van der Waals surface area contributed by atoms with Crippen LogP contribution in [0, 0.1) is 12.8 Å². The maximum Gasteiger partial charge on any atom is 0.119 e. The number of ether oxygens (including phenoxy) is 1. The van der Waals surface area contributed by atoms with Gasteiger partial charge in [0.1, 0.15) is 5.75 Å². The van der Waals surface area contributed by atoms with E-state index in [1.54, 1.807) is 0 Å². The lowest BCUT2D eigenvalue weighted by Crippen LogP contribution is -2.01. The zero-order valence-corrected chi connectivity index (χ0v) is 12.6. The SMILES string of the molecule is [CH2]C(C=C)c1cc(CC(C)C)cc(OCCCC)c1. The van der Waals surface area contributed by atoms with Gasteiger partial charge in [0.25, 0.3) is 0 Å². The first-order chi connectivity index (χ1) is 9.06. The zero-order valence-electron chi connectivity index (χ0n) is 12.6. The third-order valence-electron chi connectivity index (χ3n) is 3.11. The molecule has 0 spiro atoms. The maximum absolute atomic E-state index is 5.84. The molecule has 0 N–H and O–H groups in total. The van der Waals surface area contributed by atoms with Gasteiger partial charge in [-0.15, -0.1) is 6.58 Å². The van der Waals surface area contributed by atoms with Crippen LogP contribution in [0.3, 0.4) is 0 Å². The van der Waals surface area contributed by atoms with Crippen LogP contribution in [0.5, 0.6) is 5.75 Å². The molecule has 0 heterocycles. The first-order valence-electron chi connectivity index (χ1n) is 7.29. The van der Waals surface area contributed by atoms with Crippen molar-refractivity contribution in [2.75, 3.05) is 6.61 Å². The van der Waals surface area contributed by atoms with Gasteiger partial charge in [0.05, 0.1) is 6.61 Å². The van der Waals surface area contributed by atoms with E-state index in [0.717, 1.165) is 31.6 Å². The molecule has 1 nitrogen and oxygen atoms in total. The fraction of sp³-hybridized carbons (Fsp3) is 0.500. The second-order valence-electron chi connectivity index (χ2n) is 5.55. The van der Waals surface area contributed by atoms with E-state index in [-0.39, 0.29) is 5.92 Å². The molecule has 1 unspecified atom stereocenters. The van der Waals surface area contributed by atoms with Gasteiger partial charge in [-0.05, 0) is 48.9 Å². The Morgan fingerprint density at radius 3 is 2.58 bits per heavy atom. The summed E-state index contributed by atoms with van der Waals surface area (Å²) in [6.45, 7) is 15.4. The highest BCUT2D eigenvalue weighted by Gasteiger charge is 2.08. The van der Waals surface area contributed by atoms with Gasteiger partial charge < -0.3 is 4.74 Å². The van der Waals surface area contributed by atoms with Crippen LogP contribution >= 0.6 is 0 Å². The van der Waals surface area contributed by atoms with E-state index < -0.39 is 0 Å². The smallest absolute Gasteiger partial charge is 0.119 e. The van der Waals surface area contributed by atoms with Crippen molar-refractivity contribution in [3.05, 3.63) is 48.9 Å². The van der Waals surface area contributed by atoms with Crippen molar-refractivity contribution >= 4 is 0 Å². The van der Waals surface area contributed by atoms with Gasteiger partial charge in [-0.25, -0.2) is 0 Å². The molecule has 1 rings (SSSR count). The van der Waals surface area contributed by atoms with Gasteiger partial charge in [-0.2, -0.15) is 0 Å². The molecule has 0 saturated carbocycles. The molecule has 1 radical (unpaired) electrons. The molecule has 0 aliphatic heterocycles. The normalized spacial score (nSPS) is 12.5. The molecule has 0 fully saturated rings. The van der Waals surface area contributed by atoms with Crippen LogP contribution < -0.4 is 4.74 Å². The highest BCUT2D eigenvalue weighted by molar-refractivity contribution is 5.38. The summed E-state index contributed by atoms with van der Waals surface area (Å²) in [5.74, 6) is 1.74. The number of hydrogen-bond donors (Lipinski definition) is 0. The van der Waals surface area contributed by atoms with Gasteiger partial charge in [-0.1, -0.05) is 39.3 Å². The summed E-state index contributed by atoms with van der Waals surface area (Å²) in [6.07, 6.45) is 5.20. The lowest BCUT2D eigenvalue weighted by atomic mass is 9.95. The van der Waals surface area contributed by atoms with Crippen LogP contribution in [0.25, 0.3) is 0 Å². The van der Waals surface area contributed by atoms with Crippen molar-refractivity contribution < 1.29 is 4.74 Å². The summed E-state index contributed by atoms with van der Waals surface area (Å²) in [4.78, 5) is 0. The Morgan fingerprint density at radius 2 is 2.00 bits per heavy atom. The molecule has 0 amide bonds. The Kier molecular flexibility index (Phi) is 6.69. The van der Waals surface area contributed by atoms with Crippen molar-refractivity contribution in [3.8, 4) is 5.75 Å². The van der Waals surface area contributed by atoms with Crippen molar-refractivity contribution in [3.63, 3.8) is 0 Å².